The topological polar surface area (TPSA) is 60.0 Å². The van der Waals surface area contributed by atoms with E-state index in [2.05, 4.69) is 22.0 Å². The molecule has 1 saturated heterocycles. The van der Waals surface area contributed by atoms with E-state index < -0.39 is 0 Å². The average Bonchev–Trinajstić information content (AvgIpc) is 2.63. The van der Waals surface area contributed by atoms with Crippen molar-refractivity contribution >= 4 is 0 Å². The van der Waals surface area contributed by atoms with Gasteiger partial charge in [0.25, 0.3) is 0 Å². The lowest BCUT2D eigenvalue weighted by atomic mass is 10.1. The van der Waals surface area contributed by atoms with Gasteiger partial charge in [0, 0.05) is 26.2 Å². The molecule has 78 valence electrons. The molecule has 1 aliphatic heterocycles. The zero-order chi connectivity index (χ0) is 10.1. The van der Waals surface area contributed by atoms with E-state index in [0.29, 0.717) is 12.0 Å². The molecule has 0 aliphatic carbocycles. The van der Waals surface area contributed by atoms with Gasteiger partial charge in [0.1, 0.15) is 12.2 Å². The van der Waals surface area contributed by atoms with Crippen LogP contribution in [0, 0.1) is 5.92 Å². The van der Waals surface area contributed by atoms with Crippen LogP contribution in [0.2, 0.25) is 0 Å². The van der Waals surface area contributed by atoms with Crippen LogP contribution in [0.3, 0.4) is 0 Å². The van der Waals surface area contributed by atoms with E-state index >= 15 is 0 Å². The Morgan fingerprint density at radius 1 is 1.57 bits per heavy atom. The molecule has 0 spiro atoms. The van der Waals surface area contributed by atoms with Crippen LogP contribution < -0.4 is 5.73 Å². The van der Waals surface area contributed by atoms with E-state index in [1.54, 1.807) is 6.33 Å². The quantitative estimate of drug-likeness (QED) is 0.697. The van der Waals surface area contributed by atoms with Crippen LogP contribution in [-0.2, 0) is 13.6 Å². The van der Waals surface area contributed by atoms with Crippen LogP contribution in [0.4, 0.5) is 0 Å². The maximum Gasteiger partial charge on any atom is 0.146 e. The van der Waals surface area contributed by atoms with Gasteiger partial charge in [-0.25, -0.2) is 0 Å². The molecule has 0 amide bonds. The van der Waals surface area contributed by atoms with Crippen LogP contribution in [0.25, 0.3) is 0 Å². The monoisotopic (exact) mass is 195 g/mol. The number of nitrogens with two attached hydrogens (primary N) is 1. The van der Waals surface area contributed by atoms with Gasteiger partial charge in [-0.05, 0) is 5.92 Å². The number of rotatable bonds is 2. The highest BCUT2D eigenvalue weighted by Gasteiger charge is 2.27. The molecule has 1 fully saturated rings. The number of hydrogen-bond donors (Lipinski definition) is 1. The molecule has 2 rings (SSSR count). The van der Waals surface area contributed by atoms with Crippen molar-refractivity contribution < 1.29 is 0 Å². The Kier molecular flexibility index (Phi) is 2.52. The first-order valence-corrected chi connectivity index (χ1v) is 4.97. The van der Waals surface area contributed by atoms with Gasteiger partial charge in [0.05, 0.1) is 6.54 Å². The minimum absolute atomic E-state index is 0.309. The third kappa shape index (κ3) is 1.78. The highest BCUT2D eigenvalue weighted by Crippen LogP contribution is 2.15. The molecule has 2 N–H and O–H groups in total. The minimum Gasteiger partial charge on any atom is -0.326 e. The van der Waals surface area contributed by atoms with E-state index in [9.17, 15) is 0 Å². The van der Waals surface area contributed by atoms with Crippen molar-refractivity contribution in [1.29, 1.82) is 0 Å². The molecule has 0 bridgehead atoms. The Morgan fingerprint density at radius 2 is 2.36 bits per heavy atom. The molecule has 1 aliphatic rings. The van der Waals surface area contributed by atoms with Crippen LogP contribution in [0.1, 0.15) is 12.7 Å². The highest BCUT2D eigenvalue weighted by atomic mass is 15.3. The summed E-state index contributed by atoms with van der Waals surface area (Å²) in [6, 6.07) is 0.309. The lowest BCUT2D eigenvalue weighted by molar-refractivity contribution is 0.306. The molecule has 2 atom stereocenters. The van der Waals surface area contributed by atoms with Crippen LogP contribution >= 0.6 is 0 Å². The summed E-state index contributed by atoms with van der Waals surface area (Å²) in [5.74, 6) is 1.59. The van der Waals surface area contributed by atoms with Crippen LogP contribution in [0.5, 0.6) is 0 Å². The smallest absolute Gasteiger partial charge is 0.146 e. The lowest BCUT2D eigenvalue weighted by Gasteiger charge is -2.13. The SMILES string of the molecule is CC1CN(Cc2nncn2C)CC1N. The molecule has 5 nitrogen and oxygen atoms in total. The zero-order valence-corrected chi connectivity index (χ0v) is 8.72. The number of hydrogen-bond acceptors (Lipinski definition) is 4. The van der Waals surface area contributed by atoms with Crippen molar-refractivity contribution in [3.8, 4) is 0 Å². The molecule has 5 heteroatoms. The maximum absolute atomic E-state index is 5.95. The van der Waals surface area contributed by atoms with Crippen LogP contribution in [0.15, 0.2) is 6.33 Å². The second-order valence-corrected chi connectivity index (χ2v) is 4.19. The fourth-order valence-corrected chi connectivity index (χ4v) is 1.87. The van der Waals surface area contributed by atoms with Gasteiger partial charge < -0.3 is 10.3 Å². The molecule has 0 aromatic carbocycles. The van der Waals surface area contributed by atoms with Crippen molar-refractivity contribution in [2.24, 2.45) is 18.7 Å². The predicted octanol–water partition coefficient (Wildman–Crippen LogP) is -0.406. The van der Waals surface area contributed by atoms with Gasteiger partial charge in [0.2, 0.25) is 0 Å². The van der Waals surface area contributed by atoms with Gasteiger partial charge in [-0.15, -0.1) is 10.2 Å². The summed E-state index contributed by atoms with van der Waals surface area (Å²) in [5, 5.41) is 7.92. The molecule has 2 unspecified atom stereocenters. The van der Waals surface area contributed by atoms with Gasteiger partial charge in [-0.2, -0.15) is 0 Å². The molecule has 0 radical (unpaired) electrons. The van der Waals surface area contributed by atoms with E-state index in [1.807, 2.05) is 11.6 Å². The second-order valence-electron chi connectivity index (χ2n) is 4.19. The largest absolute Gasteiger partial charge is 0.326 e. The molecule has 1 aromatic heterocycles. The van der Waals surface area contributed by atoms with Crippen molar-refractivity contribution in [3.05, 3.63) is 12.2 Å². The summed E-state index contributed by atoms with van der Waals surface area (Å²) in [5.41, 5.74) is 5.95. The van der Waals surface area contributed by atoms with E-state index in [1.165, 1.54) is 0 Å². The Bertz CT molecular complexity index is 298. The standard InChI is InChI=1S/C9H17N5/c1-7-3-14(4-8(7)10)5-9-12-11-6-13(9)2/h6-8H,3-5,10H2,1-2H3. The Hall–Kier alpha value is -0.940. The molecular formula is C9H17N5. The van der Waals surface area contributed by atoms with Gasteiger partial charge in [0.15, 0.2) is 0 Å². The van der Waals surface area contributed by atoms with Crippen molar-refractivity contribution in [2.45, 2.75) is 19.5 Å². The first-order chi connectivity index (χ1) is 6.66. The number of aromatic nitrogens is 3. The zero-order valence-electron chi connectivity index (χ0n) is 8.72. The summed E-state index contributed by atoms with van der Waals surface area (Å²) in [6.07, 6.45) is 1.73. The maximum atomic E-state index is 5.95. The van der Waals surface area contributed by atoms with Gasteiger partial charge in [-0.3, -0.25) is 4.90 Å². The van der Waals surface area contributed by atoms with Gasteiger partial charge in [-0.1, -0.05) is 6.92 Å². The van der Waals surface area contributed by atoms with E-state index in [4.69, 9.17) is 5.73 Å². The fraction of sp³-hybridized carbons (Fsp3) is 0.778. The third-order valence-electron chi connectivity index (χ3n) is 2.92. The molecule has 14 heavy (non-hydrogen) atoms. The molecule has 0 saturated carbocycles. The Labute approximate surface area is 83.9 Å². The summed E-state index contributed by atoms with van der Waals surface area (Å²) < 4.78 is 1.95. The van der Waals surface area contributed by atoms with Gasteiger partial charge >= 0.3 is 0 Å². The third-order valence-corrected chi connectivity index (χ3v) is 2.92. The Balaban J connectivity index is 1.97. The van der Waals surface area contributed by atoms with Crippen molar-refractivity contribution in [1.82, 2.24) is 19.7 Å². The summed E-state index contributed by atoms with van der Waals surface area (Å²) in [6.45, 7) is 5.08. The first-order valence-electron chi connectivity index (χ1n) is 4.97. The molecule has 1 aromatic rings. The van der Waals surface area contributed by atoms with E-state index in [-0.39, 0.29) is 0 Å². The number of aryl methyl sites for hydroxylation is 1. The predicted molar refractivity (Wildman–Crippen MR) is 53.4 cm³/mol. The normalized spacial score (nSPS) is 28.5. The first kappa shape index (κ1) is 9.61. The summed E-state index contributed by atoms with van der Waals surface area (Å²) in [7, 11) is 1.97. The number of likely N-dealkylation sites (tertiary alicyclic amines) is 1. The van der Waals surface area contributed by atoms with Crippen molar-refractivity contribution in [2.75, 3.05) is 13.1 Å². The fourth-order valence-electron chi connectivity index (χ4n) is 1.87. The lowest BCUT2D eigenvalue weighted by Crippen LogP contribution is -2.28. The number of nitrogens with zero attached hydrogens (tertiary/aromatic N) is 4. The summed E-state index contributed by atoms with van der Waals surface area (Å²) in [4.78, 5) is 2.33. The van der Waals surface area contributed by atoms with E-state index in [0.717, 1.165) is 25.5 Å². The Morgan fingerprint density at radius 3 is 2.86 bits per heavy atom. The highest BCUT2D eigenvalue weighted by molar-refractivity contribution is 4.90. The molecular weight excluding hydrogens is 178 g/mol. The summed E-state index contributed by atoms with van der Waals surface area (Å²) >= 11 is 0. The molecule has 2 heterocycles. The van der Waals surface area contributed by atoms with Crippen LogP contribution in [-0.4, -0.2) is 38.8 Å². The van der Waals surface area contributed by atoms with Crippen molar-refractivity contribution in [3.63, 3.8) is 0 Å². The minimum atomic E-state index is 0.309. The second kappa shape index (κ2) is 3.67. The average molecular weight is 195 g/mol.